The van der Waals surface area contributed by atoms with E-state index in [0.29, 0.717) is 6.54 Å². The zero-order valence-electron chi connectivity index (χ0n) is 10.1. The summed E-state index contributed by atoms with van der Waals surface area (Å²) >= 11 is 0. The summed E-state index contributed by atoms with van der Waals surface area (Å²) in [7, 11) is 0. The van der Waals surface area contributed by atoms with Gasteiger partial charge >= 0.3 is 5.97 Å². The van der Waals surface area contributed by atoms with Gasteiger partial charge in [-0.1, -0.05) is 13.8 Å². The summed E-state index contributed by atoms with van der Waals surface area (Å²) in [6.07, 6.45) is 4.77. The molecule has 1 heterocycles. The highest BCUT2D eigenvalue weighted by molar-refractivity contribution is 5.68. The van der Waals surface area contributed by atoms with Crippen molar-refractivity contribution in [2.24, 2.45) is 5.41 Å². The summed E-state index contributed by atoms with van der Waals surface area (Å²) in [4.78, 5) is 23.6. The van der Waals surface area contributed by atoms with E-state index in [9.17, 15) is 9.59 Å². The molecule has 1 rings (SSSR count). The van der Waals surface area contributed by atoms with Gasteiger partial charge in [-0.2, -0.15) is 0 Å². The lowest BCUT2D eigenvalue weighted by Crippen LogP contribution is -2.52. The first-order valence-electron chi connectivity index (χ1n) is 6.02. The largest absolute Gasteiger partial charge is 0.481 e. The molecule has 1 amide bonds. The topological polar surface area (TPSA) is 57.6 Å². The first kappa shape index (κ1) is 13.0. The molecular weight excluding hydrogens is 206 g/mol. The predicted molar refractivity (Wildman–Crippen MR) is 61.1 cm³/mol. The fourth-order valence-corrected chi connectivity index (χ4v) is 2.99. The number of rotatable bonds is 5. The van der Waals surface area contributed by atoms with Crippen molar-refractivity contribution in [3.63, 3.8) is 0 Å². The number of carboxylic acid groups (broad SMARTS) is 1. The first-order chi connectivity index (χ1) is 7.59. The van der Waals surface area contributed by atoms with Crippen LogP contribution in [0.4, 0.5) is 0 Å². The van der Waals surface area contributed by atoms with Crippen molar-refractivity contribution in [3.8, 4) is 0 Å². The minimum Gasteiger partial charge on any atom is -0.481 e. The molecule has 4 heteroatoms. The number of hydrogen-bond acceptors (Lipinski definition) is 2. The van der Waals surface area contributed by atoms with E-state index < -0.39 is 5.97 Å². The highest BCUT2D eigenvalue weighted by atomic mass is 16.4. The Bertz CT molecular complexity index is 261. The quantitative estimate of drug-likeness (QED) is 0.730. The molecule has 0 aromatic carbocycles. The number of nitrogens with zero attached hydrogens (tertiary/aromatic N) is 1. The van der Waals surface area contributed by atoms with Crippen LogP contribution in [0.1, 0.15) is 46.0 Å². The molecule has 1 aliphatic rings. The van der Waals surface area contributed by atoms with Gasteiger partial charge < -0.3 is 10.0 Å². The molecule has 0 radical (unpaired) electrons. The summed E-state index contributed by atoms with van der Waals surface area (Å²) in [6.45, 7) is 4.88. The number of likely N-dealkylation sites (tertiary alicyclic amines) is 1. The normalized spacial score (nSPS) is 24.1. The second-order valence-electron chi connectivity index (χ2n) is 4.63. The molecular formula is C12H21NO3. The molecule has 0 aliphatic carbocycles. The van der Waals surface area contributed by atoms with Gasteiger partial charge in [-0.05, 0) is 31.1 Å². The van der Waals surface area contributed by atoms with Crippen molar-refractivity contribution in [2.75, 3.05) is 6.54 Å². The molecule has 0 unspecified atom stereocenters. The van der Waals surface area contributed by atoms with E-state index >= 15 is 0 Å². The van der Waals surface area contributed by atoms with Crippen molar-refractivity contribution in [1.29, 1.82) is 0 Å². The van der Waals surface area contributed by atoms with E-state index in [1.807, 2.05) is 0 Å². The second kappa shape index (κ2) is 5.32. The molecule has 0 aromatic rings. The van der Waals surface area contributed by atoms with Crippen LogP contribution in [0.3, 0.4) is 0 Å². The van der Waals surface area contributed by atoms with Crippen LogP contribution in [0, 0.1) is 5.41 Å². The maximum Gasteiger partial charge on any atom is 0.305 e. The van der Waals surface area contributed by atoms with Gasteiger partial charge in [0.2, 0.25) is 6.41 Å². The predicted octanol–water partition coefficient (Wildman–Crippen LogP) is 1.89. The third-order valence-corrected chi connectivity index (χ3v) is 4.11. The SMILES string of the molecule is CCC1(CC)CCCN(C=O)[C@H]1CC(=O)O. The fourth-order valence-electron chi connectivity index (χ4n) is 2.99. The Balaban J connectivity index is 2.94. The van der Waals surface area contributed by atoms with Gasteiger partial charge in [0.05, 0.1) is 6.42 Å². The molecule has 0 spiro atoms. The average molecular weight is 227 g/mol. The van der Waals surface area contributed by atoms with Crippen LogP contribution in [-0.2, 0) is 9.59 Å². The second-order valence-corrected chi connectivity index (χ2v) is 4.63. The molecule has 1 saturated heterocycles. The summed E-state index contributed by atoms with van der Waals surface area (Å²) < 4.78 is 0. The number of carbonyl (C=O) groups excluding carboxylic acids is 1. The first-order valence-corrected chi connectivity index (χ1v) is 6.02. The van der Waals surface area contributed by atoms with E-state index in [4.69, 9.17) is 5.11 Å². The highest BCUT2D eigenvalue weighted by Crippen LogP contribution is 2.42. The minimum atomic E-state index is -0.815. The smallest absolute Gasteiger partial charge is 0.305 e. The van der Waals surface area contributed by atoms with E-state index in [1.165, 1.54) is 0 Å². The molecule has 0 aromatic heterocycles. The monoisotopic (exact) mass is 227 g/mol. The Morgan fingerprint density at radius 3 is 2.56 bits per heavy atom. The van der Waals surface area contributed by atoms with Gasteiger partial charge in [0.25, 0.3) is 0 Å². The average Bonchev–Trinajstić information content (AvgIpc) is 2.29. The molecule has 4 nitrogen and oxygen atoms in total. The van der Waals surface area contributed by atoms with Gasteiger partial charge in [-0.3, -0.25) is 9.59 Å². The maximum atomic E-state index is 11.0. The summed E-state index contributed by atoms with van der Waals surface area (Å²) in [5.41, 5.74) is -0.00243. The van der Waals surface area contributed by atoms with Crippen molar-refractivity contribution < 1.29 is 14.7 Å². The van der Waals surface area contributed by atoms with Gasteiger partial charge in [-0.25, -0.2) is 0 Å². The number of hydrogen-bond donors (Lipinski definition) is 1. The Kier molecular flexibility index (Phi) is 4.33. The van der Waals surface area contributed by atoms with Gasteiger partial charge in [0.1, 0.15) is 0 Å². The molecule has 1 fully saturated rings. The van der Waals surface area contributed by atoms with Crippen molar-refractivity contribution in [1.82, 2.24) is 4.90 Å². The Morgan fingerprint density at radius 1 is 1.50 bits per heavy atom. The van der Waals surface area contributed by atoms with E-state index in [-0.39, 0.29) is 17.9 Å². The Morgan fingerprint density at radius 2 is 2.12 bits per heavy atom. The van der Waals surface area contributed by atoms with Gasteiger partial charge in [0.15, 0.2) is 0 Å². The Hall–Kier alpha value is -1.06. The lowest BCUT2D eigenvalue weighted by atomic mass is 9.68. The van der Waals surface area contributed by atoms with Crippen molar-refractivity contribution in [2.45, 2.75) is 52.0 Å². The van der Waals surface area contributed by atoms with Crippen LogP contribution >= 0.6 is 0 Å². The Labute approximate surface area is 96.6 Å². The molecule has 1 N–H and O–H groups in total. The summed E-state index contributed by atoms with van der Waals surface area (Å²) in [5.74, 6) is -0.815. The van der Waals surface area contributed by atoms with Crippen LogP contribution in [0.25, 0.3) is 0 Å². The molecule has 1 atom stereocenters. The number of carbonyl (C=O) groups is 2. The van der Waals surface area contributed by atoms with Gasteiger partial charge in [-0.15, -0.1) is 0 Å². The molecule has 0 bridgehead atoms. The lowest BCUT2D eigenvalue weighted by molar-refractivity contribution is -0.143. The summed E-state index contributed by atoms with van der Waals surface area (Å²) in [6, 6.07) is -0.133. The minimum absolute atomic E-state index is 0.00243. The maximum absolute atomic E-state index is 11.0. The van der Waals surface area contributed by atoms with Crippen molar-refractivity contribution in [3.05, 3.63) is 0 Å². The van der Waals surface area contributed by atoms with Crippen LogP contribution < -0.4 is 0 Å². The fraction of sp³-hybridized carbons (Fsp3) is 0.833. The zero-order valence-corrected chi connectivity index (χ0v) is 10.1. The number of carboxylic acids is 1. The van der Waals surface area contributed by atoms with Crippen LogP contribution in [-0.4, -0.2) is 35.0 Å². The third kappa shape index (κ3) is 2.36. The van der Waals surface area contributed by atoms with Crippen molar-refractivity contribution >= 4 is 12.4 Å². The molecule has 0 saturated carbocycles. The molecule has 92 valence electrons. The lowest BCUT2D eigenvalue weighted by Gasteiger charge is -2.48. The van der Waals surface area contributed by atoms with E-state index in [2.05, 4.69) is 13.8 Å². The number of amides is 1. The van der Waals surface area contributed by atoms with E-state index in [1.54, 1.807) is 4.90 Å². The van der Waals surface area contributed by atoms with Crippen LogP contribution in [0.15, 0.2) is 0 Å². The molecule has 16 heavy (non-hydrogen) atoms. The van der Waals surface area contributed by atoms with Crippen LogP contribution in [0.2, 0.25) is 0 Å². The molecule has 1 aliphatic heterocycles. The standard InChI is InChI=1S/C12H21NO3/c1-3-12(4-2)6-5-7-13(9-14)10(12)8-11(15)16/h9-10H,3-8H2,1-2H3,(H,15,16)/t10-/m0/s1. The summed E-state index contributed by atoms with van der Waals surface area (Å²) in [5, 5.41) is 8.96. The third-order valence-electron chi connectivity index (χ3n) is 4.11. The number of piperidine rings is 1. The van der Waals surface area contributed by atoms with Crippen LogP contribution in [0.5, 0.6) is 0 Å². The zero-order chi connectivity index (χ0) is 12.2. The van der Waals surface area contributed by atoms with E-state index in [0.717, 1.165) is 32.1 Å². The highest BCUT2D eigenvalue weighted by Gasteiger charge is 2.42. The number of aliphatic carboxylic acids is 1. The van der Waals surface area contributed by atoms with Gasteiger partial charge in [0, 0.05) is 12.6 Å².